The Bertz CT molecular complexity index is 599. The first-order valence-corrected chi connectivity index (χ1v) is 7.81. The molecule has 0 aromatic heterocycles. The van der Waals surface area contributed by atoms with E-state index >= 15 is 0 Å². The summed E-state index contributed by atoms with van der Waals surface area (Å²) in [6, 6.07) is 13.9. The Hall–Kier alpha value is -1.22. The summed E-state index contributed by atoms with van der Waals surface area (Å²) in [6.45, 7) is 4.51. The number of nitrogens with zero attached hydrogens (tertiary/aromatic N) is 1. The van der Waals surface area contributed by atoms with Crippen molar-refractivity contribution in [3.8, 4) is 0 Å². The van der Waals surface area contributed by atoms with E-state index in [2.05, 4.69) is 30.3 Å². The molecule has 0 spiro atoms. The zero-order valence-electron chi connectivity index (χ0n) is 12.4. The molecular weight excluding hydrogens is 303 g/mol. The van der Waals surface area contributed by atoms with E-state index in [1.165, 1.54) is 0 Å². The molecule has 0 saturated carbocycles. The maximum absolute atomic E-state index is 6.35. The Morgan fingerprint density at radius 2 is 1.71 bits per heavy atom. The molecule has 0 fully saturated rings. The molecule has 0 aliphatic carbocycles. The van der Waals surface area contributed by atoms with Crippen LogP contribution in [0.3, 0.4) is 0 Å². The molecule has 0 atom stereocenters. The standard InChI is InChI=1S/C17H20Cl2N2/c1-3-20-11-14-16(19)9-6-10-17(14)21(2)12-13-7-4-5-8-15(13)18/h4-10,20H,3,11-12H2,1-2H3. The van der Waals surface area contributed by atoms with Gasteiger partial charge >= 0.3 is 0 Å². The molecule has 0 aliphatic rings. The van der Waals surface area contributed by atoms with Crippen LogP contribution >= 0.6 is 23.2 Å². The minimum absolute atomic E-state index is 0.749. The van der Waals surface area contributed by atoms with E-state index in [0.717, 1.165) is 46.5 Å². The third-order valence-corrected chi connectivity index (χ3v) is 4.15. The molecule has 1 N–H and O–H groups in total. The van der Waals surface area contributed by atoms with Gasteiger partial charge < -0.3 is 10.2 Å². The van der Waals surface area contributed by atoms with Crippen molar-refractivity contribution in [2.45, 2.75) is 20.0 Å². The summed E-state index contributed by atoms with van der Waals surface area (Å²) in [5, 5.41) is 4.92. The molecule has 0 aliphatic heterocycles. The van der Waals surface area contributed by atoms with Crippen molar-refractivity contribution in [3.05, 3.63) is 63.6 Å². The Balaban J connectivity index is 2.24. The first kappa shape index (κ1) is 16.2. The first-order valence-electron chi connectivity index (χ1n) is 7.06. The molecule has 2 nitrogen and oxygen atoms in total. The summed E-state index contributed by atoms with van der Waals surface area (Å²) >= 11 is 12.6. The fraction of sp³-hybridized carbons (Fsp3) is 0.294. The van der Waals surface area contributed by atoms with Crippen molar-refractivity contribution in [3.63, 3.8) is 0 Å². The van der Waals surface area contributed by atoms with Crippen LogP contribution < -0.4 is 10.2 Å². The number of anilines is 1. The number of hydrogen-bond donors (Lipinski definition) is 1. The largest absolute Gasteiger partial charge is 0.370 e. The molecule has 2 rings (SSSR count). The minimum atomic E-state index is 0.749. The van der Waals surface area contributed by atoms with Gasteiger partial charge in [-0.1, -0.05) is 54.4 Å². The van der Waals surface area contributed by atoms with Crippen molar-refractivity contribution in [2.24, 2.45) is 0 Å². The van der Waals surface area contributed by atoms with Crippen molar-refractivity contribution in [1.29, 1.82) is 0 Å². The lowest BCUT2D eigenvalue weighted by molar-refractivity contribution is 0.723. The lowest BCUT2D eigenvalue weighted by Gasteiger charge is -2.24. The molecule has 0 heterocycles. The summed E-state index contributed by atoms with van der Waals surface area (Å²) in [5.41, 5.74) is 3.36. The van der Waals surface area contributed by atoms with E-state index in [9.17, 15) is 0 Å². The predicted octanol–water partition coefficient (Wildman–Crippen LogP) is 4.74. The average molecular weight is 323 g/mol. The topological polar surface area (TPSA) is 15.3 Å². The molecule has 0 saturated heterocycles. The number of rotatable bonds is 6. The zero-order valence-corrected chi connectivity index (χ0v) is 13.9. The summed E-state index contributed by atoms with van der Waals surface area (Å²) in [4.78, 5) is 2.18. The molecule has 0 radical (unpaired) electrons. The number of halogens is 2. The summed E-state index contributed by atoms with van der Waals surface area (Å²) in [5.74, 6) is 0. The maximum atomic E-state index is 6.35. The van der Waals surface area contributed by atoms with Gasteiger partial charge in [0.25, 0.3) is 0 Å². The smallest absolute Gasteiger partial charge is 0.0471 e. The third-order valence-electron chi connectivity index (χ3n) is 3.42. The summed E-state index contributed by atoms with van der Waals surface area (Å²) in [6.07, 6.45) is 0. The van der Waals surface area contributed by atoms with Crippen LogP contribution in [0.4, 0.5) is 5.69 Å². The normalized spacial score (nSPS) is 10.7. The van der Waals surface area contributed by atoms with E-state index in [1.54, 1.807) is 0 Å². The SMILES string of the molecule is CCNCc1c(Cl)cccc1N(C)Cc1ccccc1Cl. The molecule has 0 bridgehead atoms. The second-order valence-electron chi connectivity index (χ2n) is 4.97. The number of nitrogens with one attached hydrogen (secondary N) is 1. The van der Waals surface area contributed by atoms with Gasteiger partial charge in [0.05, 0.1) is 0 Å². The van der Waals surface area contributed by atoms with E-state index in [0.29, 0.717) is 0 Å². The molecule has 2 aromatic carbocycles. The number of hydrogen-bond acceptors (Lipinski definition) is 2. The van der Waals surface area contributed by atoms with Crippen molar-refractivity contribution < 1.29 is 0 Å². The van der Waals surface area contributed by atoms with Crippen LogP contribution in [0.2, 0.25) is 10.0 Å². The van der Waals surface area contributed by atoms with Crippen LogP contribution in [-0.4, -0.2) is 13.6 Å². The highest BCUT2D eigenvalue weighted by atomic mass is 35.5. The fourth-order valence-corrected chi connectivity index (χ4v) is 2.73. The van der Waals surface area contributed by atoms with Crippen molar-refractivity contribution in [1.82, 2.24) is 5.32 Å². The monoisotopic (exact) mass is 322 g/mol. The van der Waals surface area contributed by atoms with E-state index in [1.807, 2.05) is 36.4 Å². The molecule has 0 unspecified atom stereocenters. The maximum Gasteiger partial charge on any atom is 0.0471 e. The third kappa shape index (κ3) is 4.13. The Morgan fingerprint density at radius 1 is 1.00 bits per heavy atom. The highest BCUT2D eigenvalue weighted by molar-refractivity contribution is 6.32. The lowest BCUT2D eigenvalue weighted by Crippen LogP contribution is -2.21. The van der Waals surface area contributed by atoms with Gasteiger partial charge in [-0.2, -0.15) is 0 Å². The van der Waals surface area contributed by atoms with Crippen LogP contribution in [0.5, 0.6) is 0 Å². The Morgan fingerprint density at radius 3 is 2.43 bits per heavy atom. The van der Waals surface area contributed by atoms with Gasteiger partial charge in [0.1, 0.15) is 0 Å². The van der Waals surface area contributed by atoms with Gasteiger partial charge in [0, 0.05) is 41.4 Å². The highest BCUT2D eigenvalue weighted by Crippen LogP contribution is 2.28. The van der Waals surface area contributed by atoms with Crippen LogP contribution in [0, 0.1) is 0 Å². The summed E-state index contributed by atoms with van der Waals surface area (Å²) < 4.78 is 0. The van der Waals surface area contributed by atoms with Gasteiger partial charge in [0.2, 0.25) is 0 Å². The van der Waals surface area contributed by atoms with Crippen LogP contribution in [-0.2, 0) is 13.1 Å². The Labute approximate surface area is 136 Å². The molecule has 21 heavy (non-hydrogen) atoms. The zero-order chi connectivity index (χ0) is 15.2. The molecule has 2 aromatic rings. The van der Waals surface area contributed by atoms with Crippen LogP contribution in [0.1, 0.15) is 18.1 Å². The van der Waals surface area contributed by atoms with Gasteiger partial charge in [-0.05, 0) is 30.3 Å². The van der Waals surface area contributed by atoms with Gasteiger partial charge in [0.15, 0.2) is 0 Å². The molecule has 112 valence electrons. The lowest BCUT2D eigenvalue weighted by atomic mass is 10.1. The van der Waals surface area contributed by atoms with Gasteiger partial charge in [-0.3, -0.25) is 0 Å². The second-order valence-corrected chi connectivity index (χ2v) is 5.78. The minimum Gasteiger partial charge on any atom is -0.370 e. The van der Waals surface area contributed by atoms with Crippen LogP contribution in [0.25, 0.3) is 0 Å². The molecular formula is C17H20Cl2N2. The number of benzene rings is 2. The molecule has 4 heteroatoms. The van der Waals surface area contributed by atoms with Gasteiger partial charge in [-0.25, -0.2) is 0 Å². The highest BCUT2D eigenvalue weighted by Gasteiger charge is 2.12. The van der Waals surface area contributed by atoms with Crippen molar-refractivity contribution in [2.75, 3.05) is 18.5 Å². The quantitative estimate of drug-likeness (QED) is 0.826. The van der Waals surface area contributed by atoms with E-state index in [4.69, 9.17) is 23.2 Å². The average Bonchev–Trinajstić information content (AvgIpc) is 2.48. The predicted molar refractivity (Wildman–Crippen MR) is 92.4 cm³/mol. The van der Waals surface area contributed by atoms with Gasteiger partial charge in [-0.15, -0.1) is 0 Å². The summed E-state index contributed by atoms with van der Waals surface area (Å²) in [7, 11) is 2.06. The second kappa shape index (κ2) is 7.69. The fourth-order valence-electron chi connectivity index (χ4n) is 2.30. The Kier molecular flexibility index (Phi) is 5.92. The van der Waals surface area contributed by atoms with Crippen LogP contribution in [0.15, 0.2) is 42.5 Å². The van der Waals surface area contributed by atoms with E-state index < -0.39 is 0 Å². The molecule has 0 amide bonds. The van der Waals surface area contributed by atoms with E-state index in [-0.39, 0.29) is 0 Å². The van der Waals surface area contributed by atoms with Crippen molar-refractivity contribution >= 4 is 28.9 Å². The first-order chi connectivity index (χ1) is 10.1.